The van der Waals surface area contributed by atoms with Crippen molar-refractivity contribution in [2.75, 3.05) is 13.7 Å². The molecule has 26 heavy (non-hydrogen) atoms. The van der Waals surface area contributed by atoms with Gasteiger partial charge in [0, 0.05) is 12.6 Å². The zero-order valence-electron chi connectivity index (χ0n) is 14.8. The fraction of sp³-hybridized carbons (Fsp3) is 0.250. The summed E-state index contributed by atoms with van der Waals surface area (Å²) >= 11 is 0. The Morgan fingerprint density at radius 3 is 2.42 bits per heavy atom. The van der Waals surface area contributed by atoms with Crippen LogP contribution in [0, 0.1) is 6.92 Å². The number of rotatable bonds is 6. The molecule has 5 nitrogen and oxygen atoms in total. The highest BCUT2D eigenvalue weighted by Gasteiger charge is 2.57. The predicted molar refractivity (Wildman–Crippen MR) is 99.1 cm³/mol. The second-order valence-corrected chi connectivity index (χ2v) is 8.31. The Morgan fingerprint density at radius 2 is 1.81 bits per heavy atom. The third-order valence-corrected chi connectivity index (χ3v) is 6.44. The largest absolute Gasteiger partial charge is 0.466 e. The Kier molecular flexibility index (Phi) is 4.98. The van der Waals surface area contributed by atoms with Gasteiger partial charge in [-0.25, -0.2) is 13.2 Å². The molecular weight excluding hydrogens is 350 g/mol. The molecule has 1 aliphatic heterocycles. The van der Waals surface area contributed by atoms with E-state index in [9.17, 15) is 13.2 Å². The highest BCUT2D eigenvalue weighted by atomic mass is 32.2. The molecule has 6 heteroatoms. The Morgan fingerprint density at radius 1 is 1.15 bits per heavy atom. The van der Waals surface area contributed by atoms with Gasteiger partial charge < -0.3 is 4.74 Å². The molecule has 1 heterocycles. The summed E-state index contributed by atoms with van der Waals surface area (Å²) in [6, 6.07) is 16.4. The van der Waals surface area contributed by atoms with E-state index >= 15 is 0 Å². The van der Waals surface area contributed by atoms with Crippen molar-refractivity contribution in [1.82, 2.24) is 4.31 Å². The van der Waals surface area contributed by atoms with E-state index < -0.39 is 21.5 Å². The van der Waals surface area contributed by atoms with Gasteiger partial charge in [0.15, 0.2) is 0 Å². The van der Waals surface area contributed by atoms with Crippen LogP contribution in [0.25, 0.3) is 0 Å². The molecule has 0 aliphatic carbocycles. The first-order valence-electron chi connectivity index (χ1n) is 8.28. The number of carbonyl (C=O) groups excluding carboxylic acids is 1. The third kappa shape index (κ3) is 3.71. The first-order valence-corrected chi connectivity index (χ1v) is 9.72. The summed E-state index contributed by atoms with van der Waals surface area (Å²) in [6.07, 6.45) is 3.43. The van der Waals surface area contributed by atoms with Gasteiger partial charge in [-0.3, -0.25) is 0 Å². The molecule has 1 aliphatic rings. The number of benzene rings is 2. The summed E-state index contributed by atoms with van der Waals surface area (Å²) < 4.78 is 32.1. The van der Waals surface area contributed by atoms with Crippen molar-refractivity contribution in [3.63, 3.8) is 0 Å². The minimum absolute atomic E-state index is 0.254. The lowest BCUT2D eigenvalue weighted by molar-refractivity contribution is -0.134. The molecule has 1 fully saturated rings. The lowest BCUT2D eigenvalue weighted by atomic mass is 9.99. The fourth-order valence-electron chi connectivity index (χ4n) is 2.95. The Bertz CT molecular complexity index is 920. The maximum absolute atomic E-state index is 13.0. The number of carbonyl (C=O) groups is 1. The van der Waals surface area contributed by atoms with Gasteiger partial charge in [-0.2, -0.15) is 4.31 Å². The Labute approximate surface area is 154 Å². The second-order valence-electron chi connectivity index (χ2n) is 6.45. The number of hydrogen-bond donors (Lipinski definition) is 0. The molecule has 0 aromatic heterocycles. The lowest BCUT2D eigenvalue weighted by Gasteiger charge is -2.15. The van der Waals surface area contributed by atoms with Crippen LogP contribution in [0.5, 0.6) is 0 Å². The molecule has 136 valence electrons. The number of aryl methyl sites for hydroxylation is 1. The van der Waals surface area contributed by atoms with Crippen molar-refractivity contribution in [3.05, 3.63) is 77.9 Å². The van der Waals surface area contributed by atoms with Crippen LogP contribution in [-0.2, 0) is 26.0 Å². The lowest BCUT2D eigenvalue weighted by Crippen LogP contribution is -2.25. The number of esters is 1. The van der Waals surface area contributed by atoms with Crippen molar-refractivity contribution in [2.45, 2.75) is 23.8 Å². The maximum atomic E-state index is 13.0. The molecular formula is C20H21NO4S. The molecule has 0 saturated carbocycles. The van der Waals surface area contributed by atoms with Crippen molar-refractivity contribution >= 4 is 16.0 Å². The second kappa shape index (κ2) is 7.05. The van der Waals surface area contributed by atoms with Crippen molar-refractivity contribution < 1.29 is 17.9 Å². The summed E-state index contributed by atoms with van der Waals surface area (Å²) in [6.45, 7) is 2.23. The van der Waals surface area contributed by atoms with Crippen LogP contribution in [0.2, 0.25) is 0 Å². The van der Waals surface area contributed by atoms with Gasteiger partial charge in [-0.15, -0.1) is 0 Å². The van der Waals surface area contributed by atoms with Crippen molar-refractivity contribution in [1.29, 1.82) is 0 Å². The van der Waals surface area contributed by atoms with Gasteiger partial charge in [0.05, 0.1) is 17.5 Å². The minimum atomic E-state index is -3.63. The molecule has 2 atom stereocenters. The van der Waals surface area contributed by atoms with E-state index in [2.05, 4.69) is 4.74 Å². The molecule has 2 aromatic carbocycles. The summed E-state index contributed by atoms with van der Waals surface area (Å²) in [4.78, 5) is 11.8. The zero-order chi connectivity index (χ0) is 18.8. The highest BCUT2D eigenvalue weighted by Crippen LogP contribution is 2.42. The van der Waals surface area contributed by atoms with Crippen molar-refractivity contribution in [3.8, 4) is 0 Å². The normalized spacial score (nSPS) is 22.3. The topological polar surface area (TPSA) is 63.5 Å². The van der Waals surface area contributed by atoms with Crippen LogP contribution >= 0.6 is 0 Å². The van der Waals surface area contributed by atoms with Crippen LogP contribution in [0.15, 0.2) is 71.6 Å². The van der Waals surface area contributed by atoms with E-state index in [-0.39, 0.29) is 4.90 Å². The zero-order valence-corrected chi connectivity index (χ0v) is 15.6. The highest BCUT2D eigenvalue weighted by molar-refractivity contribution is 7.89. The van der Waals surface area contributed by atoms with E-state index in [1.54, 1.807) is 30.3 Å². The molecule has 0 spiro atoms. The minimum Gasteiger partial charge on any atom is -0.466 e. The Hall–Kier alpha value is -2.44. The summed E-state index contributed by atoms with van der Waals surface area (Å²) in [5.41, 5.74) is 1.25. The summed E-state index contributed by atoms with van der Waals surface area (Å²) in [7, 11) is -2.34. The summed E-state index contributed by atoms with van der Waals surface area (Å²) in [5.74, 6) is -0.503. The van der Waals surface area contributed by atoms with Gasteiger partial charge in [-0.05, 0) is 31.0 Å². The molecule has 1 saturated heterocycles. The molecule has 0 amide bonds. The van der Waals surface area contributed by atoms with Gasteiger partial charge in [0.2, 0.25) is 10.0 Å². The van der Waals surface area contributed by atoms with E-state index in [1.807, 2.05) is 37.3 Å². The predicted octanol–water partition coefficient (Wildman–Crippen LogP) is 2.71. The molecule has 0 bridgehead atoms. The fourth-order valence-corrected chi connectivity index (χ4v) is 4.69. The monoisotopic (exact) mass is 371 g/mol. The number of sulfonamides is 1. The summed E-state index contributed by atoms with van der Waals surface area (Å²) in [5, 5.41) is 0. The number of hydrogen-bond acceptors (Lipinski definition) is 4. The van der Waals surface area contributed by atoms with E-state index in [0.29, 0.717) is 13.0 Å². The van der Waals surface area contributed by atoms with Crippen LogP contribution < -0.4 is 0 Å². The molecule has 1 unspecified atom stereocenters. The van der Waals surface area contributed by atoms with Gasteiger partial charge >= 0.3 is 5.97 Å². The van der Waals surface area contributed by atoms with E-state index in [0.717, 1.165) is 11.1 Å². The number of methoxy groups -OCH3 is 1. The molecule has 3 rings (SSSR count). The first kappa shape index (κ1) is 18.4. The molecule has 0 N–H and O–H groups in total. The average molecular weight is 371 g/mol. The quantitative estimate of drug-likeness (QED) is 0.445. The SMILES string of the molecule is COC(=O)/C=C/[C@]1(Cc2ccccc2)CN1S(=O)(=O)c1ccc(C)cc1. The van der Waals surface area contributed by atoms with Gasteiger partial charge in [0.25, 0.3) is 0 Å². The molecule has 2 aromatic rings. The van der Waals surface area contributed by atoms with Crippen molar-refractivity contribution in [2.24, 2.45) is 0 Å². The number of ether oxygens (including phenoxy) is 1. The standard InChI is InChI=1S/C20H21NO4S/c1-16-8-10-18(11-9-16)26(23,24)21-15-20(21,13-12-19(22)25-2)14-17-6-4-3-5-7-17/h3-13H,14-15H2,1-2H3/b13-12+/t20-,21?/m0/s1. The molecule has 0 radical (unpaired) electrons. The van der Waals surface area contributed by atoms with E-state index in [1.165, 1.54) is 17.5 Å². The van der Waals surface area contributed by atoms with Crippen LogP contribution in [0.1, 0.15) is 11.1 Å². The van der Waals surface area contributed by atoms with Crippen LogP contribution in [-0.4, -0.2) is 37.9 Å². The average Bonchev–Trinajstić information content (AvgIpc) is 3.36. The van der Waals surface area contributed by atoms with Gasteiger partial charge in [-0.1, -0.05) is 54.1 Å². The first-order chi connectivity index (χ1) is 12.4. The number of nitrogens with zero attached hydrogens (tertiary/aromatic N) is 1. The third-order valence-electron chi connectivity index (χ3n) is 4.50. The van der Waals surface area contributed by atoms with Crippen LogP contribution in [0.3, 0.4) is 0 Å². The maximum Gasteiger partial charge on any atom is 0.330 e. The van der Waals surface area contributed by atoms with E-state index in [4.69, 9.17) is 0 Å². The Balaban J connectivity index is 1.92. The van der Waals surface area contributed by atoms with Gasteiger partial charge in [0.1, 0.15) is 0 Å². The van der Waals surface area contributed by atoms with Crippen LogP contribution in [0.4, 0.5) is 0 Å². The smallest absolute Gasteiger partial charge is 0.330 e.